The van der Waals surface area contributed by atoms with E-state index in [0.29, 0.717) is 13.0 Å². The van der Waals surface area contributed by atoms with Crippen LogP contribution in [0.1, 0.15) is 41.1 Å². The third-order valence-corrected chi connectivity index (χ3v) is 8.31. The summed E-state index contributed by atoms with van der Waals surface area (Å²) in [5, 5.41) is 8.09. The van der Waals surface area contributed by atoms with Gasteiger partial charge in [-0.2, -0.15) is 14.9 Å². The smallest absolute Gasteiger partial charge is 0.325 e. The van der Waals surface area contributed by atoms with Crippen LogP contribution in [0.3, 0.4) is 0 Å². The summed E-state index contributed by atoms with van der Waals surface area (Å²) in [5.74, 6) is 4.06. The van der Waals surface area contributed by atoms with Crippen LogP contribution in [-0.2, 0) is 35.7 Å². The molecular formula is C30H35N5O6S. The van der Waals surface area contributed by atoms with Crippen molar-refractivity contribution < 1.29 is 27.6 Å². The summed E-state index contributed by atoms with van der Waals surface area (Å²) in [6.07, 6.45) is 1.68. The Morgan fingerprint density at radius 2 is 1.86 bits per heavy atom. The number of hydrazone groups is 1. The molecule has 1 heterocycles. The second-order valence-corrected chi connectivity index (χ2v) is 11.7. The lowest BCUT2D eigenvalue weighted by molar-refractivity contribution is -0.174. The molecule has 42 heavy (non-hydrogen) atoms. The average molecular weight is 594 g/mol. The van der Waals surface area contributed by atoms with Crippen molar-refractivity contribution in [3.05, 3.63) is 101 Å². The molecule has 0 saturated carbocycles. The maximum absolute atomic E-state index is 13.0. The van der Waals surface area contributed by atoms with E-state index >= 15 is 0 Å². The van der Waals surface area contributed by atoms with Crippen LogP contribution in [0.15, 0.2) is 88.9 Å². The number of nitrogens with one attached hydrogen (secondary N) is 2. The largest absolute Gasteiger partial charge is 0.468 e. The van der Waals surface area contributed by atoms with Gasteiger partial charge in [0, 0.05) is 13.1 Å². The van der Waals surface area contributed by atoms with Crippen LogP contribution >= 0.6 is 0 Å². The summed E-state index contributed by atoms with van der Waals surface area (Å²) >= 11 is 0. The van der Waals surface area contributed by atoms with E-state index in [1.807, 2.05) is 59.7 Å². The maximum Gasteiger partial charge on any atom is 0.325 e. The number of hydrogen-bond donors (Lipinski definition) is 3. The number of carbonyl (C=O) groups is 2. The number of esters is 1. The van der Waals surface area contributed by atoms with E-state index in [9.17, 15) is 18.0 Å². The first-order valence-electron chi connectivity index (χ1n) is 13.4. The molecular weight excluding hydrogens is 558 g/mol. The summed E-state index contributed by atoms with van der Waals surface area (Å²) < 4.78 is 32.9. The fourth-order valence-electron chi connectivity index (χ4n) is 4.75. The zero-order chi connectivity index (χ0) is 30.1. The average Bonchev–Trinajstić information content (AvgIpc) is 3.37. The summed E-state index contributed by atoms with van der Waals surface area (Å²) in [4.78, 5) is 31.6. The summed E-state index contributed by atoms with van der Waals surface area (Å²) in [6, 6.07) is 22.5. The first-order valence-corrected chi connectivity index (χ1v) is 14.9. The number of sulfonamides is 1. The minimum absolute atomic E-state index is 0.00924. The molecule has 1 saturated heterocycles. The Labute approximate surface area is 245 Å². The Balaban J connectivity index is 1.41. The van der Waals surface area contributed by atoms with Crippen molar-refractivity contribution in [2.24, 2.45) is 10.9 Å². The predicted molar refractivity (Wildman–Crippen MR) is 157 cm³/mol. The standard InChI is InChI=1S/C30H35N5O6S/c1-21-7-6-10-26(15-21)42(38,39)34-27(30(37)40-2)19-32-29(36)17-25-16-28(24-13-11-22(12-14-24)18-33-31)35(41-25)20-23-8-4-3-5-9-23/h3-15,18,25,27-28,34H,16-17,19-20,31H2,1-2H3,(H,32,36)/t25-,27-,28+/m0/s1. The molecule has 11 nitrogen and oxygen atoms in total. The van der Waals surface area contributed by atoms with Crippen molar-refractivity contribution >= 4 is 28.1 Å². The minimum atomic E-state index is -4.04. The molecule has 4 rings (SSSR count). The monoisotopic (exact) mass is 593 g/mol. The predicted octanol–water partition coefficient (Wildman–Crippen LogP) is 2.56. The van der Waals surface area contributed by atoms with Crippen molar-refractivity contribution in [2.45, 2.75) is 49.4 Å². The minimum Gasteiger partial charge on any atom is -0.468 e. The molecule has 1 aliphatic rings. The fourth-order valence-corrected chi connectivity index (χ4v) is 6.04. The summed E-state index contributed by atoms with van der Waals surface area (Å²) in [7, 11) is -2.88. The molecule has 0 unspecified atom stereocenters. The Hall–Kier alpha value is -4.10. The van der Waals surface area contributed by atoms with E-state index in [2.05, 4.69) is 15.1 Å². The number of methoxy groups -OCH3 is 1. The molecule has 0 bridgehead atoms. The molecule has 3 aromatic carbocycles. The molecule has 12 heteroatoms. The van der Waals surface area contributed by atoms with Crippen molar-refractivity contribution in [3.8, 4) is 0 Å². The van der Waals surface area contributed by atoms with Gasteiger partial charge in [-0.05, 0) is 47.7 Å². The number of nitrogens with two attached hydrogens (primary N) is 1. The van der Waals surface area contributed by atoms with Gasteiger partial charge in [0.15, 0.2) is 0 Å². The second kappa shape index (κ2) is 14.2. The Morgan fingerprint density at radius 1 is 1.12 bits per heavy atom. The van der Waals surface area contributed by atoms with E-state index < -0.39 is 34.0 Å². The zero-order valence-corrected chi connectivity index (χ0v) is 24.3. The number of rotatable bonds is 12. The topological polar surface area (TPSA) is 152 Å². The van der Waals surface area contributed by atoms with Crippen LogP contribution in [0.4, 0.5) is 0 Å². The second-order valence-electron chi connectivity index (χ2n) is 10.0. The number of amides is 1. The highest BCUT2D eigenvalue weighted by molar-refractivity contribution is 7.89. The highest BCUT2D eigenvalue weighted by atomic mass is 32.2. The van der Waals surface area contributed by atoms with Crippen LogP contribution < -0.4 is 15.9 Å². The number of nitrogens with zero attached hydrogens (tertiary/aromatic N) is 2. The van der Waals surface area contributed by atoms with E-state index in [0.717, 1.165) is 29.4 Å². The van der Waals surface area contributed by atoms with Gasteiger partial charge in [-0.15, -0.1) is 0 Å². The van der Waals surface area contributed by atoms with Gasteiger partial charge in [-0.1, -0.05) is 66.7 Å². The number of hydroxylamine groups is 2. The summed E-state index contributed by atoms with van der Waals surface area (Å²) in [6.45, 7) is 1.99. The molecule has 4 N–H and O–H groups in total. The van der Waals surface area contributed by atoms with Gasteiger partial charge >= 0.3 is 5.97 Å². The van der Waals surface area contributed by atoms with Gasteiger partial charge in [0.05, 0.1) is 36.8 Å². The van der Waals surface area contributed by atoms with Gasteiger partial charge in [0.2, 0.25) is 15.9 Å². The van der Waals surface area contributed by atoms with E-state index in [1.54, 1.807) is 25.3 Å². The summed E-state index contributed by atoms with van der Waals surface area (Å²) in [5.41, 5.74) is 3.68. The third kappa shape index (κ3) is 8.23. The molecule has 1 aliphatic heterocycles. The molecule has 1 amide bonds. The van der Waals surface area contributed by atoms with E-state index in [4.69, 9.17) is 15.4 Å². The van der Waals surface area contributed by atoms with Crippen molar-refractivity contribution in [3.63, 3.8) is 0 Å². The number of aryl methyl sites for hydroxylation is 1. The lowest BCUT2D eigenvalue weighted by atomic mass is 9.98. The normalized spacial score (nSPS) is 18.1. The van der Waals surface area contributed by atoms with Gasteiger partial charge in [-0.3, -0.25) is 14.4 Å². The fraction of sp³-hybridized carbons (Fsp3) is 0.300. The molecule has 0 spiro atoms. The number of ether oxygens (including phenoxy) is 1. The lowest BCUT2D eigenvalue weighted by Crippen LogP contribution is -2.49. The molecule has 0 aromatic heterocycles. The molecule has 3 aromatic rings. The molecule has 3 atom stereocenters. The third-order valence-electron chi connectivity index (χ3n) is 6.84. The quantitative estimate of drug-likeness (QED) is 0.125. The first-order chi connectivity index (χ1) is 20.2. The highest BCUT2D eigenvalue weighted by Gasteiger charge is 2.36. The Bertz CT molecular complexity index is 1500. The van der Waals surface area contributed by atoms with Gasteiger partial charge in [-0.25, -0.2) is 8.42 Å². The van der Waals surface area contributed by atoms with Crippen molar-refractivity contribution in [1.29, 1.82) is 0 Å². The number of hydrogen-bond acceptors (Lipinski definition) is 9. The molecule has 1 fully saturated rings. The van der Waals surface area contributed by atoms with Gasteiger partial charge < -0.3 is 15.9 Å². The van der Waals surface area contributed by atoms with Crippen molar-refractivity contribution in [2.75, 3.05) is 13.7 Å². The zero-order valence-electron chi connectivity index (χ0n) is 23.5. The maximum atomic E-state index is 13.0. The van der Waals surface area contributed by atoms with E-state index in [1.165, 1.54) is 12.1 Å². The molecule has 0 aliphatic carbocycles. The number of benzene rings is 3. The van der Waals surface area contributed by atoms with E-state index in [-0.39, 0.29) is 23.9 Å². The van der Waals surface area contributed by atoms with Crippen LogP contribution in [0.2, 0.25) is 0 Å². The van der Waals surface area contributed by atoms with Crippen LogP contribution in [0.25, 0.3) is 0 Å². The number of carbonyl (C=O) groups excluding carboxylic acids is 2. The molecule has 0 radical (unpaired) electrons. The lowest BCUT2D eigenvalue weighted by Gasteiger charge is -2.23. The van der Waals surface area contributed by atoms with Gasteiger partial charge in [0.25, 0.3) is 0 Å². The van der Waals surface area contributed by atoms with Crippen molar-refractivity contribution in [1.82, 2.24) is 15.1 Å². The van der Waals surface area contributed by atoms with Crippen LogP contribution in [-0.4, -0.2) is 57.4 Å². The SMILES string of the molecule is COC(=O)[C@H](CNC(=O)C[C@@H]1C[C@H](c2ccc(C=NN)cc2)N(Cc2ccccc2)O1)NS(=O)(=O)c1cccc(C)c1. The Kier molecular flexibility index (Phi) is 10.4. The van der Waals surface area contributed by atoms with Gasteiger partial charge in [0.1, 0.15) is 6.04 Å². The van der Waals surface area contributed by atoms with Crippen LogP contribution in [0, 0.1) is 6.92 Å². The first kappa shape index (κ1) is 30.8. The Morgan fingerprint density at radius 3 is 2.52 bits per heavy atom. The van der Waals surface area contributed by atoms with Crippen LogP contribution in [0.5, 0.6) is 0 Å². The highest BCUT2D eigenvalue weighted by Crippen LogP contribution is 2.36. The molecule has 222 valence electrons.